The fourth-order valence-corrected chi connectivity index (χ4v) is 2.02. The first-order valence-electron chi connectivity index (χ1n) is 6.55. The van der Waals surface area contributed by atoms with E-state index in [1.165, 1.54) is 18.9 Å². The second kappa shape index (κ2) is 7.11. The van der Waals surface area contributed by atoms with E-state index >= 15 is 0 Å². The highest BCUT2D eigenvalue weighted by molar-refractivity contribution is 5.35. The third-order valence-corrected chi connectivity index (χ3v) is 3.11. The molecule has 0 aliphatic rings. The second-order valence-corrected chi connectivity index (χ2v) is 4.78. The van der Waals surface area contributed by atoms with Gasteiger partial charge in [0.25, 0.3) is 5.69 Å². The van der Waals surface area contributed by atoms with Gasteiger partial charge in [0.1, 0.15) is 0 Å². The average Bonchev–Trinajstić information content (AvgIpc) is 2.36. The van der Waals surface area contributed by atoms with Crippen molar-refractivity contribution in [2.24, 2.45) is 0 Å². The van der Waals surface area contributed by atoms with Crippen LogP contribution >= 0.6 is 0 Å². The van der Waals surface area contributed by atoms with Crippen LogP contribution in [0.3, 0.4) is 0 Å². The molecule has 2 unspecified atom stereocenters. The van der Waals surface area contributed by atoms with Crippen molar-refractivity contribution < 1.29 is 4.92 Å². The number of rotatable bonds is 7. The average molecular weight is 250 g/mol. The van der Waals surface area contributed by atoms with Crippen LogP contribution in [0, 0.1) is 10.1 Å². The van der Waals surface area contributed by atoms with Gasteiger partial charge in [-0.3, -0.25) is 10.1 Å². The van der Waals surface area contributed by atoms with Crippen LogP contribution in [0.4, 0.5) is 5.69 Å². The summed E-state index contributed by atoms with van der Waals surface area (Å²) >= 11 is 0. The van der Waals surface area contributed by atoms with Crippen LogP contribution in [0.1, 0.15) is 51.6 Å². The lowest BCUT2D eigenvalue weighted by Gasteiger charge is -2.20. The van der Waals surface area contributed by atoms with Crippen molar-refractivity contribution in [3.63, 3.8) is 0 Å². The Morgan fingerprint density at radius 1 is 1.39 bits per heavy atom. The van der Waals surface area contributed by atoms with Crippen molar-refractivity contribution in [3.05, 3.63) is 39.9 Å². The van der Waals surface area contributed by atoms with Crippen LogP contribution in [0.2, 0.25) is 0 Å². The molecule has 18 heavy (non-hydrogen) atoms. The van der Waals surface area contributed by atoms with Gasteiger partial charge in [0.2, 0.25) is 0 Å². The molecule has 0 bridgehead atoms. The standard InChI is InChI=1S/C14H22N2O2/c1-4-5-7-11(2)15-12(3)13-8-6-9-14(10-13)16(17)18/h6,8-12,15H,4-5,7H2,1-3H3. The molecular weight excluding hydrogens is 228 g/mol. The van der Waals surface area contributed by atoms with Crippen LogP contribution in [-0.2, 0) is 0 Å². The Bertz CT molecular complexity index is 393. The number of hydrogen-bond acceptors (Lipinski definition) is 3. The number of hydrogen-bond donors (Lipinski definition) is 1. The first kappa shape index (κ1) is 14.6. The third-order valence-electron chi connectivity index (χ3n) is 3.11. The zero-order chi connectivity index (χ0) is 13.5. The smallest absolute Gasteiger partial charge is 0.269 e. The lowest BCUT2D eigenvalue weighted by molar-refractivity contribution is -0.384. The summed E-state index contributed by atoms with van der Waals surface area (Å²) in [5.74, 6) is 0. The Kier molecular flexibility index (Phi) is 5.78. The molecule has 0 saturated heterocycles. The minimum atomic E-state index is -0.350. The molecule has 0 radical (unpaired) electrons. The number of nitro groups is 1. The Morgan fingerprint density at radius 2 is 2.11 bits per heavy atom. The lowest BCUT2D eigenvalue weighted by Crippen LogP contribution is -2.28. The SMILES string of the molecule is CCCCC(C)NC(C)c1cccc([N+](=O)[O-])c1. The zero-order valence-electron chi connectivity index (χ0n) is 11.3. The maximum atomic E-state index is 10.7. The molecule has 0 fully saturated rings. The summed E-state index contributed by atoms with van der Waals surface area (Å²) in [7, 11) is 0. The van der Waals surface area contributed by atoms with Gasteiger partial charge in [-0.05, 0) is 25.8 Å². The van der Waals surface area contributed by atoms with E-state index in [4.69, 9.17) is 0 Å². The summed E-state index contributed by atoms with van der Waals surface area (Å²) in [5.41, 5.74) is 1.12. The molecular formula is C14H22N2O2. The first-order valence-corrected chi connectivity index (χ1v) is 6.55. The van der Waals surface area contributed by atoms with Crippen LogP contribution in [-0.4, -0.2) is 11.0 Å². The van der Waals surface area contributed by atoms with Crippen molar-refractivity contribution >= 4 is 5.69 Å². The maximum absolute atomic E-state index is 10.7. The number of benzene rings is 1. The number of non-ortho nitro benzene ring substituents is 1. The Balaban J connectivity index is 2.63. The third kappa shape index (κ3) is 4.45. The summed E-state index contributed by atoms with van der Waals surface area (Å²) in [5, 5.41) is 14.2. The van der Waals surface area contributed by atoms with Gasteiger partial charge < -0.3 is 5.32 Å². The Morgan fingerprint density at radius 3 is 2.72 bits per heavy atom. The highest BCUT2D eigenvalue weighted by atomic mass is 16.6. The molecule has 1 rings (SSSR count). The molecule has 4 heteroatoms. The molecule has 0 saturated carbocycles. The van der Waals surface area contributed by atoms with E-state index in [2.05, 4.69) is 19.2 Å². The summed E-state index contributed by atoms with van der Waals surface area (Å²) < 4.78 is 0. The van der Waals surface area contributed by atoms with Gasteiger partial charge >= 0.3 is 0 Å². The monoisotopic (exact) mass is 250 g/mol. The van der Waals surface area contributed by atoms with Crippen LogP contribution < -0.4 is 5.32 Å². The quantitative estimate of drug-likeness (QED) is 0.591. The molecule has 0 aromatic heterocycles. The van der Waals surface area contributed by atoms with Crippen molar-refractivity contribution in [2.45, 2.75) is 52.1 Å². The molecule has 0 heterocycles. The number of nitro benzene ring substituents is 1. The zero-order valence-corrected chi connectivity index (χ0v) is 11.3. The molecule has 0 amide bonds. The summed E-state index contributed by atoms with van der Waals surface area (Å²) in [4.78, 5) is 10.4. The van der Waals surface area contributed by atoms with E-state index in [0.29, 0.717) is 6.04 Å². The van der Waals surface area contributed by atoms with Gasteiger partial charge in [0.15, 0.2) is 0 Å². The van der Waals surface area contributed by atoms with Gasteiger partial charge in [-0.2, -0.15) is 0 Å². The van der Waals surface area contributed by atoms with Crippen LogP contribution in [0.25, 0.3) is 0 Å². The fraction of sp³-hybridized carbons (Fsp3) is 0.571. The van der Waals surface area contributed by atoms with E-state index in [1.54, 1.807) is 12.1 Å². The Labute approximate surface area is 109 Å². The van der Waals surface area contributed by atoms with Gasteiger partial charge in [0.05, 0.1) is 4.92 Å². The molecule has 1 aromatic carbocycles. The molecule has 0 aliphatic heterocycles. The lowest BCUT2D eigenvalue weighted by atomic mass is 10.1. The second-order valence-electron chi connectivity index (χ2n) is 4.78. The highest BCUT2D eigenvalue weighted by Crippen LogP contribution is 2.19. The van der Waals surface area contributed by atoms with E-state index in [9.17, 15) is 10.1 Å². The number of unbranched alkanes of at least 4 members (excludes halogenated alkanes) is 1. The Hall–Kier alpha value is -1.42. The van der Waals surface area contributed by atoms with Crippen molar-refractivity contribution in [2.75, 3.05) is 0 Å². The van der Waals surface area contributed by atoms with E-state index in [0.717, 1.165) is 12.0 Å². The molecule has 1 N–H and O–H groups in total. The fourth-order valence-electron chi connectivity index (χ4n) is 2.02. The molecule has 0 spiro atoms. The number of nitrogens with one attached hydrogen (secondary N) is 1. The normalized spacial score (nSPS) is 14.2. The van der Waals surface area contributed by atoms with Gasteiger partial charge in [-0.25, -0.2) is 0 Å². The largest absolute Gasteiger partial charge is 0.308 e. The van der Waals surface area contributed by atoms with Crippen molar-refractivity contribution in [1.29, 1.82) is 0 Å². The maximum Gasteiger partial charge on any atom is 0.269 e. The van der Waals surface area contributed by atoms with Gasteiger partial charge in [0, 0.05) is 24.2 Å². The van der Waals surface area contributed by atoms with E-state index in [1.807, 2.05) is 13.0 Å². The molecule has 4 nitrogen and oxygen atoms in total. The topological polar surface area (TPSA) is 55.2 Å². The predicted octanol–water partition coefficient (Wildman–Crippen LogP) is 3.82. The van der Waals surface area contributed by atoms with Crippen LogP contribution in [0.15, 0.2) is 24.3 Å². The minimum absolute atomic E-state index is 0.136. The van der Waals surface area contributed by atoms with Gasteiger partial charge in [-0.15, -0.1) is 0 Å². The van der Waals surface area contributed by atoms with Gasteiger partial charge in [-0.1, -0.05) is 31.9 Å². The number of nitrogens with zero attached hydrogens (tertiary/aromatic N) is 1. The molecule has 2 atom stereocenters. The molecule has 100 valence electrons. The minimum Gasteiger partial charge on any atom is -0.308 e. The molecule has 0 aliphatic carbocycles. The van der Waals surface area contributed by atoms with Crippen molar-refractivity contribution in [1.82, 2.24) is 5.32 Å². The van der Waals surface area contributed by atoms with Crippen LogP contribution in [0.5, 0.6) is 0 Å². The molecule has 1 aromatic rings. The highest BCUT2D eigenvalue weighted by Gasteiger charge is 2.12. The van der Waals surface area contributed by atoms with Crippen molar-refractivity contribution in [3.8, 4) is 0 Å². The summed E-state index contributed by atoms with van der Waals surface area (Å²) in [6.07, 6.45) is 3.53. The van der Waals surface area contributed by atoms with E-state index < -0.39 is 0 Å². The predicted molar refractivity (Wildman–Crippen MR) is 73.6 cm³/mol. The van der Waals surface area contributed by atoms with E-state index in [-0.39, 0.29) is 16.7 Å². The summed E-state index contributed by atoms with van der Waals surface area (Å²) in [6.45, 7) is 6.38. The first-order chi connectivity index (χ1) is 8.54. The summed E-state index contributed by atoms with van der Waals surface area (Å²) in [6, 6.07) is 7.40.